The number of nitrogens with zero attached hydrogens (tertiary/aromatic N) is 2. The minimum atomic E-state index is 0.0245. The van der Waals surface area contributed by atoms with Crippen LogP contribution < -0.4 is 5.32 Å². The summed E-state index contributed by atoms with van der Waals surface area (Å²) in [6, 6.07) is 18.1. The van der Waals surface area contributed by atoms with E-state index >= 15 is 0 Å². The molecular weight excluding hydrogens is 358 g/mol. The highest BCUT2D eigenvalue weighted by Crippen LogP contribution is 2.11. The van der Waals surface area contributed by atoms with Crippen LogP contribution in [-0.4, -0.2) is 55.1 Å². The van der Waals surface area contributed by atoms with E-state index in [1.165, 1.54) is 5.56 Å². The van der Waals surface area contributed by atoms with Gasteiger partial charge in [-0.15, -0.1) is 0 Å². The number of carbonyl (C=O) groups is 1. The van der Waals surface area contributed by atoms with Crippen LogP contribution in [0.4, 0.5) is 4.79 Å². The summed E-state index contributed by atoms with van der Waals surface area (Å²) < 4.78 is 0. The molecule has 0 saturated carbocycles. The Balaban J connectivity index is 1.34. The van der Waals surface area contributed by atoms with Crippen molar-refractivity contribution >= 4 is 23.7 Å². The molecule has 3 rings (SSSR count). The number of hydrogen-bond donors (Lipinski definition) is 1. The van der Waals surface area contributed by atoms with Gasteiger partial charge in [0.05, 0.1) is 0 Å². The van der Waals surface area contributed by atoms with Crippen molar-refractivity contribution < 1.29 is 4.79 Å². The van der Waals surface area contributed by atoms with Crippen LogP contribution in [0.15, 0.2) is 60.7 Å². The summed E-state index contributed by atoms with van der Waals surface area (Å²) in [7, 11) is 0. The quantitative estimate of drug-likeness (QED) is 0.820. The third kappa shape index (κ3) is 6.42. The molecule has 0 aromatic heterocycles. The van der Waals surface area contributed by atoms with E-state index in [1.807, 2.05) is 47.4 Å². The molecular formula is C22H26ClN3O. The van der Waals surface area contributed by atoms with Crippen molar-refractivity contribution in [1.82, 2.24) is 15.1 Å². The Morgan fingerprint density at radius 3 is 2.56 bits per heavy atom. The lowest BCUT2D eigenvalue weighted by molar-refractivity contribution is 0.147. The first kappa shape index (κ1) is 19.5. The molecule has 1 heterocycles. The lowest BCUT2D eigenvalue weighted by atomic mass is 10.1. The fraction of sp³-hybridized carbons (Fsp3) is 0.318. The Morgan fingerprint density at radius 2 is 1.81 bits per heavy atom. The summed E-state index contributed by atoms with van der Waals surface area (Å²) in [4.78, 5) is 16.6. The first-order chi connectivity index (χ1) is 13.2. The third-order valence-corrected chi connectivity index (χ3v) is 4.95. The molecule has 0 bridgehead atoms. The Kier molecular flexibility index (Phi) is 7.31. The average molecular weight is 384 g/mol. The van der Waals surface area contributed by atoms with Gasteiger partial charge in [0.15, 0.2) is 0 Å². The number of halogens is 1. The lowest BCUT2D eigenvalue weighted by Crippen LogP contribution is -2.51. The number of nitrogens with one attached hydrogen (secondary N) is 1. The van der Waals surface area contributed by atoms with Crippen LogP contribution in [0.3, 0.4) is 0 Å². The monoisotopic (exact) mass is 383 g/mol. The maximum atomic E-state index is 12.3. The predicted molar refractivity (Wildman–Crippen MR) is 112 cm³/mol. The van der Waals surface area contributed by atoms with Gasteiger partial charge in [0, 0.05) is 44.3 Å². The molecule has 0 radical (unpaired) electrons. The highest BCUT2D eigenvalue weighted by molar-refractivity contribution is 6.30. The Morgan fingerprint density at radius 1 is 1.04 bits per heavy atom. The summed E-state index contributed by atoms with van der Waals surface area (Å²) in [6.07, 6.45) is 5.13. The van der Waals surface area contributed by atoms with Crippen LogP contribution in [0.1, 0.15) is 11.1 Å². The largest absolute Gasteiger partial charge is 0.338 e. The summed E-state index contributed by atoms with van der Waals surface area (Å²) >= 11 is 5.99. The van der Waals surface area contributed by atoms with Crippen LogP contribution in [-0.2, 0) is 6.42 Å². The number of hydrogen-bond acceptors (Lipinski definition) is 2. The zero-order valence-electron chi connectivity index (χ0n) is 15.5. The molecule has 1 N–H and O–H groups in total. The molecule has 4 nitrogen and oxygen atoms in total. The molecule has 1 saturated heterocycles. The van der Waals surface area contributed by atoms with E-state index < -0.39 is 0 Å². The van der Waals surface area contributed by atoms with E-state index in [1.54, 1.807) is 0 Å². The minimum absolute atomic E-state index is 0.0245. The second kappa shape index (κ2) is 10.1. The van der Waals surface area contributed by atoms with Gasteiger partial charge >= 0.3 is 6.03 Å². The number of amides is 2. The van der Waals surface area contributed by atoms with Gasteiger partial charge in [0.2, 0.25) is 0 Å². The lowest BCUT2D eigenvalue weighted by Gasteiger charge is -2.34. The van der Waals surface area contributed by atoms with Crippen molar-refractivity contribution in [1.29, 1.82) is 0 Å². The highest BCUT2D eigenvalue weighted by atomic mass is 35.5. The van der Waals surface area contributed by atoms with Gasteiger partial charge in [0.25, 0.3) is 0 Å². The first-order valence-corrected chi connectivity index (χ1v) is 9.80. The fourth-order valence-electron chi connectivity index (χ4n) is 3.15. The maximum Gasteiger partial charge on any atom is 0.317 e. The van der Waals surface area contributed by atoms with Gasteiger partial charge in [-0.1, -0.05) is 66.2 Å². The maximum absolute atomic E-state index is 12.3. The summed E-state index contributed by atoms with van der Waals surface area (Å²) in [5.41, 5.74) is 2.35. The molecule has 142 valence electrons. The van der Waals surface area contributed by atoms with E-state index in [2.05, 4.69) is 34.5 Å². The SMILES string of the molecule is O=C(NCCc1cccc(Cl)c1)N1CCN(C/C=C/c2ccccc2)CC1. The van der Waals surface area contributed by atoms with E-state index in [4.69, 9.17) is 11.6 Å². The van der Waals surface area contributed by atoms with Crippen LogP contribution in [0.2, 0.25) is 5.02 Å². The standard InChI is InChI=1S/C22H26ClN3O/c23-21-10-4-8-20(18-21)11-12-24-22(27)26-16-14-25(15-17-26)13-5-9-19-6-2-1-3-7-19/h1-10,18H,11-17H2,(H,24,27)/b9-5+. The molecule has 0 aliphatic carbocycles. The van der Waals surface area contributed by atoms with Gasteiger partial charge in [-0.2, -0.15) is 0 Å². The molecule has 2 aromatic rings. The van der Waals surface area contributed by atoms with Crippen molar-refractivity contribution in [2.45, 2.75) is 6.42 Å². The van der Waals surface area contributed by atoms with Crippen molar-refractivity contribution in [3.63, 3.8) is 0 Å². The highest BCUT2D eigenvalue weighted by Gasteiger charge is 2.19. The van der Waals surface area contributed by atoms with Crippen molar-refractivity contribution in [2.75, 3.05) is 39.3 Å². The van der Waals surface area contributed by atoms with Crippen LogP contribution in [0.25, 0.3) is 6.08 Å². The number of carbonyl (C=O) groups excluding carboxylic acids is 1. The second-order valence-corrected chi connectivity index (χ2v) is 7.15. The number of piperazine rings is 1. The van der Waals surface area contributed by atoms with Crippen molar-refractivity contribution in [2.24, 2.45) is 0 Å². The molecule has 2 amide bonds. The Labute approximate surface area is 166 Å². The molecule has 0 atom stereocenters. The van der Waals surface area contributed by atoms with Gasteiger partial charge in [-0.05, 0) is 29.7 Å². The molecule has 1 aliphatic rings. The molecule has 0 unspecified atom stereocenters. The molecule has 5 heteroatoms. The fourth-order valence-corrected chi connectivity index (χ4v) is 3.37. The van der Waals surface area contributed by atoms with Gasteiger partial charge in [-0.25, -0.2) is 4.79 Å². The summed E-state index contributed by atoms with van der Waals surface area (Å²) in [6.45, 7) is 4.88. The molecule has 2 aromatic carbocycles. The minimum Gasteiger partial charge on any atom is -0.338 e. The molecule has 1 aliphatic heterocycles. The summed E-state index contributed by atoms with van der Waals surface area (Å²) in [5.74, 6) is 0. The zero-order chi connectivity index (χ0) is 18.9. The van der Waals surface area contributed by atoms with Crippen LogP contribution in [0.5, 0.6) is 0 Å². The number of benzene rings is 2. The molecule has 27 heavy (non-hydrogen) atoms. The number of rotatable bonds is 6. The zero-order valence-corrected chi connectivity index (χ0v) is 16.2. The van der Waals surface area contributed by atoms with Gasteiger partial charge < -0.3 is 10.2 Å². The first-order valence-electron chi connectivity index (χ1n) is 9.42. The van der Waals surface area contributed by atoms with Crippen molar-refractivity contribution in [3.05, 3.63) is 76.8 Å². The van der Waals surface area contributed by atoms with Gasteiger partial charge in [0.1, 0.15) is 0 Å². The van der Waals surface area contributed by atoms with E-state index in [0.29, 0.717) is 6.54 Å². The van der Waals surface area contributed by atoms with Crippen molar-refractivity contribution in [3.8, 4) is 0 Å². The Bertz CT molecular complexity index is 755. The van der Waals surface area contributed by atoms with Crippen LogP contribution >= 0.6 is 11.6 Å². The third-order valence-electron chi connectivity index (χ3n) is 4.71. The Hall–Kier alpha value is -2.30. The van der Waals surface area contributed by atoms with Crippen LogP contribution in [0, 0.1) is 0 Å². The average Bonchev–Trinajstić information content (AvgIpc) is 2.69. The van der Waals surface area contributed by atoms with E-state index in [9.17, 15) is 4.79 Å². The van der Waals surface area contributed by atoms with E-state index in [-0.39, 0.29) is 6.03 Å². The van der Waals surface area contributed by atoms with Gasteiger partial charge in [-0.3, -0.25) is 4.90 Å². The normalized spacial score (nSPS) is 15.2. The predicted octanol–water partition coefficient (Wildman–Crippen LogP) is 3.92. The topological polar surface area (TPSA) is 35.6 Å². The second-order valence-electron chi connectivity index (χ2n) is 6.71. The summed E-state index contributed by atoms with van der Waals surface area (Å²) in [5, 5.41) is 3.74. The molecule has 1 fully saturated rings. The smallest absolute Gasteiger partial charge is 0.317 e. The number of urea groups is 1. The molecule has 0 spiro atoms. The van der Waals surface area contributed by atoms with E-state index in [0.717, 1.165) is 49.7 Å².